The SMILES string of the molecule is CO[C@@H]([C@H](C)[C@@H](O)[C@H](C)[C@@H](O[Si](C)(C)C)[C@@]1(C)OC[C@@H](C)[C@@H]1Br)[C@@H]1COC(C)(C)O1. The average Bonchev–Trinajstić information content (AvgIpc) is 3.12. The molecule has 2 aliphatic heterocycles. The van der Waals surface area contributed by atoms with Crippen LogP contribution in [-0.4, -0.2) is 74.4 Å². The molecule has 9 atom stereocenters. The van der Waals surface area contributed by atoms with Crippen LogP contribution in [0.25, 0.3) is 0 Å². The molecule has 0 aromatic carbocycles. The van der Waals surface area contributed by atoms with Gasteiger partial charge in [0.1, 0.15) is 11.7 Å². The highest BCUT2D eigenvalue weighted by Gasteiger charge is 2.54. The maximum atomic E-state index is 11.5. The Morgan fingerprint density at radius 1 is 1.07 bits per heavy atom. The van der Waals surface area contributed by atoms with Crippen LogP contribution in [0.3, 0.4) is 0 Å². The van der Waals surface area contributed by atoms with Crippen LogP contribution in [0.2, 0.25) is 19.6 Å². The Kier molecular flexibility index (Phi) is 8.68. The lowest BCUT2D eigenvalue weighted by Crippen LogP contribution is -2.57. The fourth-order valence-electron chi connectivity index (χ4n) is 4.84. The van der Waals surface area contributed by atoms with Gasteiger partial charge in [0.2, 0.25) is 0 Å². The van der Waals surface area contributed by atoms with Gasteiger partial charge in [-0.05, 0) is 46.3 Å². The molecule has 0 aromatic heterocycles. The van der Waals surface area contributed by atoms with Crippen molar-refractivity contribution in [3.63, 3.8) is 0 Å². The number of halogens is 1. The Morgan fingerprint density at radius 2 is 1.67 bits per heavy atom. The quantitative estimate of drug-likeness (QED) is 0.370. The van der Waals surface area contributed by atoms with Gasteiger partial charge in [-0.2, -0.15) is 0 Å². The molecule has 0 amide bonds. The summed E-state index contributed by atoms with van der Waals surface area (Å²) in [5.41, 5.74) is -0.517. The molecule has 2 heterocycles. The molecular weight excluding hydrogens is 468 g/mol. The summed E-state index contributed by atoms with van der Waals surface area (Å²) in [6.45, 7) is 19.8. The van der Waals surface area contributed by atoms with Crippen molar-refractivity contribution in [2.45, 2.75) is 102 Å². The van der Waals surface area contributed by atoms with Crippen LogP contribution in [-0.2, 0) is 23.4 Å². The van der Waals surface area contributed by atoms with Gasteiger partial charge in [0.15, 0.2) is 14.1 Å². The van der Waals surface area contributed by atoms with Gasteiger partial charge >= 0.3 is 0 Å². The van der Waals surface area contributed by atoms with Gasteiger partial charge in [0, 0.05) is 18.9 Å². The molecule has 2 aliphatic rings. The highest BCUT2D eigenvalue weighted by molar-refractivity contribution is 9.09. The fraction of sp³-hybridized carbons (Fsp3) is 1.00. The normalized spacial score (nSPS) is 37.0. The summed E-state index contributed by atoms with van der Waals surface area (Å²) in [6.07, 6.45) is -1.40. The van der Waals surface area contributed by atoms with Crippen molar-refractivity contribution in [2.24, 2.45) is 17.8 Å². The molecule has 30 heavy (non-hydrogen) atoms. The first-order chi connectivity index (χ1) is 13.6. The van der Waals surface area contributed by atoms with Gasteiger partial charge in [0.25, 0.3) is 0 Å². The van der Waals surface area contributed by atoms with E-state index in [2.05, 4.69) is 56.3 Å². The van der Waals surface area contributed by atoms with Crippen molar-refractivity contribution in [3.8, 4) is 0 Å². The number of hydrogen-bond donors (Lipinski definition) is 1. The summed E-state index contributed by atoms with van der Waals surface area (Å²) in [5.74, 6) is -0.583. The first kappa shape index (κ1) is 26.7. The Morgan fingerprint density at radius 3 is 2.07 bits per heavy atom. The van der Waals surface area contributed by atoms with Crippen LogP contribution in [0, 0.1) is 17.8 Å². The zero-order valence-corrected chi connectivity index (χ0v) is 23.0. The van der Waals surface area contributed by atoms with Gasteiger partial charge in [-0.1, -0.05) is 36.7 Å². The first-order valence-electron chi connectivity index (χ1n) is 11.1. The lowest BCUT2D eigenvalue weighted by Gasteiger charge is -2.45. The largest absolute Gasteiger partial charge is 0.411 e. The third-order valence-electron chi connectivity index (χ3n) is 6.49. The van der Waals surface area contributed by atoms with Gasteiger partial charge < -0.3 is 28.5 Å². The minimum Gasteiger partial charge on any atom is -0.411 e. The monoisotopic (exact) mass is 510 g/mol. The number of rotatable bonds is 9. The molecular formula is C22H43BrO6Si. The van der Waals surface area contributed by atoms with Crippen LogP contribution in [0.4, 0.5) is 0 Å². The number of aliphatic hydroxyl groups is 1. The van der Waals surface area contributed by atoms with E-state index < -0.39 is 25.8 Å². The van der Waals surface area contributed by atoms with E-state index in [1.165, 1.54) is 0 Å². The molecule has 2 saturated heterocycles. The van der Waals surface area contributed by atoms with Crippen molar-refractivity contribution >= 4 is 24.2 Å². The molecule has 0 aliphatic carbocycles. The Bertz CT molecular complexity index is 570. The summed E-state index contributed by atoms with van der Waals surface area (Å²) in [6, 6.07) is 0. The molecule has 0 unspecified atom stereocenters. The van der Waals surface area contributed by atoms with Crippen molar-refractivity contribution in [2.75, 3.05) is 20.3 Å². The highest BCUT2D eigenvalue weighted by Crippen LogP contribution is 2.44. The molecule has 2 rings (SSSR count). The van der Waals surface area contributed by atoms with Crippen LogP contribution < -0.4 is 0 Å². The maximum Gasteiger partial charge on any atom is 0.184 e. The maximum absolute atomic E-state index is 11.5. The van der Waals surface area contributed by atoms with Gasteiger partial charge in [-0.15, -0.1) is 0 Å². The minimum absolute atomic E-state index is 0.155. The third kappa shape index (κ3) is 5.87. The summed E-state index contributed by atoms with van der Waals surface area (Å²) in [7, 11) is -0.230. The second kappa shape index (κ2) is 9.75. The zero-order chi connectivity index (χ0) is 23.1. The van der Waals surface area contributed by atoms with E-state index in [4.69, 9.17) is 23.4 Å². The molecule has 8 heteroatoms. The van der Waals surface area contributed by atoms with E-state index in [0.717, 1.165) is 0 Å². The van der Waals surface area contributed by atoms with E-state index in [1.807, 2.05) is 20.8 Å². The number of methoxy groups -OCH3 is 1. The predicted octanol–water partition coefficient (Wildman–Crippen LogP) is 4.19. The topological polar surface area (TPSA) is 66.4 Å². The molecule has 2 fully saturated rings. The molecule has 0 aromatic rings. The molecule has 6 nitrogen and oxygen atoms in total. The van der Waals surface area contributed by atoms with E-state index in [-0.39, 0.29) is 35.0 Å². The average molecular weight is 512 g/mol. The molecule has 0 saturated carbocycles. The van der Waals surface area contributed by atoms with Crippen LogP contribution >= 0.6 is 15.9 Å². The van der Waals surface area contributed by atoms with Crippen LogP contribution in [0.5, 0.6) is 0 Å². The first-order valence-corrected chi connectivity index (χ1v) is 15.4. The van der Waals surface area contributed by atoms with Crippen molar-refractivity contribution in [1.29, 1.82) is 0 Å². The van der Waals surface area contributed by atoms with E-state index in [0.29, 0.717) is 19.1 Å². The molecule has 0 bridgehead atoms. The molecule has 0 spiro atoms. The summed E-state index contributed by atoms with van der Waals surface area (Å²) in [4.78, 5) is 0.155. The second-order valence-corrected chi connectivity index (χ2v) is 16.2. The van der Waals surface area contributed by atoms with E-state index in [9.17, 15) is 5.11 Å². The predicted molar refractivity (Wildman–Crippen MR) is 124 cm³/mol. The van der Waals surface area contributed by atoms with Gasteiger partial charge in [0.05, 0.1) is 36.4 Å². The van der Waals surface area contributed by atoms with E-state index in [1.54, 1.807) is 7.11 Å². The second-order valence-electron chi connectivity index (χ2n) is 10.8. The number of alkyl halides is 1. The number of hydrogen-bond acceptors (Lipinski definition) is 6. The van der Waals surface area contributed by atoms with Gasteiger partial charge in [-0.25, -0.2) is 0 Å². The highest BCUT2D eigenvalue weighted by atomic mass is 79.9. The molecule has 178 valence electrons. The Balaban J connectivity index is 2.24. The van der Waals surface area contributed by atoms with Crippen molar-refractivity contribution in [3.05, 3.63) is 0 Å². The van der Waals surface area contributed by atoms with Crippen LogP contribution in [0.1, 0.15) is 41.5 Å². The van der Waals surface area contributed by atoms with Crippen LogP contribution in [0.15, 0.2) is 0 Å². The standard InChI is InChI=1S/C22H43BrO6Si/c1-13-11-27-22(6,19(13)23)20(29-30(8,9)10)15(3)17(24)14(2)18(25-7)16-12-26-21(4,5)28-16/h13-20,24H,11-12H2,1-10H3/t13-,14-,15+,16+,17-,18+,19+,20-,22+/m1/s1. The lowest BCUT2D eigenvalue weighted by molar-refractivity contribution is -0.169. The Hall–Kier alpha value is 0.457. The summed E-state index contributed by atoms with van der Waals surface area (Å²) < 4.78 is 30.5. The van der Waals surface area contributed by atoms with Gasteiger partial charge in [-0.3, -0.25) is 0 Å². The Labute approximate surface area is 192 Å². The molecule has 1 N–H and O–H groups in total. The number of aliphatic hydroxyl groups excluding tert-OH is 1. The molecule has 0 radical (unpaired) electrons. The smallest absolute Gasteiger partial charge is 0.184 e. The zero-order valence-electron chi connectivity index (χ0n) is 20.4. The van der Waals surface area contributed by atoms with Crippen molar-refractivity contribution in [1.82, 2.24) is 0 Å². The minimum atomic E-state index is -1.90. The summed E-state index contributed by atoms with van der Waals surface area (Å²) >= 11 is 3.87. The lowest BCUT2D eigenvalue weighted by atomic mass is 9.78. The fourth-order valence-corrected chi connectivity index (χ4v) is 6.60. The third-order valence-corrected chi connectivity index (χ3v) is 9.26. The summed E-state index contributed by atoms with van der Waals surface area (Å²) in [5, 5.41) is 11.5. The van der Waals surface area contributed by atoms with E-state index >= 15 is 0 Å². The van der Waals surface area contributed by atoms with Crippen molar-refractivity contribution < 1.29 is 28.5 Å². The number of ether oxygens (including phenoxy) is 4.